The zero-order valence-corrected chi connectivity index (χ0v) is 16.6. The average molecular weight is 408 g/mol. The lowest BCUT2D eigenvalue weighted by Gasteiger charge is -2.27. The third kappa shape index (κ3) is 5.45. The zero-order chi connectivity index (χ0) is 19.2. The van der Waals surface area contributed by atoms with E-state index in [0.717, 1.165) is 17.9 Å². The molecule has 1 aromatic heterocycles. The minimum atomic E-state index is -0.0988. The van der Waals surface area contributed by atoms with Crippen molar-refractivity contribution in [1.29, 1.82) is 0 Å². The van der Waals surface area contributed by atoms with Crippen molar-refractivity contribution in [3.63, 3.8) is 0 Å². The van der Waals surface area contributed by atoms with Gasteiger partial charge in [-0.2, -0.15) is 0 Å². The summed E-state index contributed by atoms with van der Waals surface area (Å²) < 4.78 is 5.76. The number of nitrogens with one attached hydrogen (secondary N) is 2. The number of benzene rings is 1. The molecule has 1 saturated heterocycles. The van der Waals surface area contributed by atoms with Gasteiger partial charge in [0.05, 0.1) is 15.8 Å². The monoisotopic (exact) mass is 407 g/mol. The van der Waals surface area contributed by atoms with Gasteiger partial charge in [0.25, 0.3) is 11.8 Å². The zero-order valence-electron chi connectivity index (χ0n) is 15.0. The highest BCUT2D eigenvalue weighted by Crippen LogP contribution is 2.21. The summed E-state index contributed by atoms with van der Waals surface area (Å²) in [7, 11) is 0. The number of anilines is 2. The van der Waals surface area contributed by atoms with Crippen molar-refractivity contribution in [1.82, 2.24) is 5.32 Å². The molecule has 2 amide bonds. The summed E-state index contributed by atoms with van der Waals surface area (Å²) in [6, 6.07) is 11.2. The number of morpholine rings is 1. The summed E-state index contributed by atoms with van der Waals surface area (Å²) in [4.78, 5) is 26.3. The van der Waals surface area contributed by atoms with Crippen LogP contribution in [0.15, 0.2) is 36.4 Å². The molecule has 2 aromatic rings. The van der Waals surface area contributed by atoms with Crippen LogP contribution in [0.4, 0.5) is 11.4 Å². The Labute approximate surface area is 167 Å². The van der Waals surface area contributed by atoms with E-state index in [1.165, 1.54) is 11.3 Å². The lowest BCUT2D eigenvalue weighted by atomic mass is 10.1. The van der Waals surface area contributed by atoms with Crippen LogP contribution < -0.4 is 15.5 Å². The number of hydrogen-bond donors (Lipinski definition) is 2. The van der Waals surface area contributed by atoms with Gasteiger partial charge in [0, 0.05) is 31.0 Å². The molecular weight excluding hydrogens is 386 g/mol. The molecule has 6 nitrogen and oxygen atoms in total. The van der Waals surface area contributed by atoms with Crippen LogP contribution in [0.5, 0.6) is 0 Å². The molecule has 0 bridgehead atoms. The summed E-state index contributed by atoms with van der Waals surface area (Å²) in [6.45, 7) is 4.64. The molecule has 0 unspecified atom stereocenters. The van der Waals surface area contributed by atoms with E-state index < -0.39 is 0 Å². The van der Waals surface area contributed by atoms with E-state index in [9.17, 15) is 9.59 Å². The average Bonchev–Trinajstić information content (AvgIpc) is 3.12. The summed E-state index contributed by atoms with van der Waals surface area (Å²) in [5.41, 5.74) is 1.85. The van der Waals surface area contributed by atoms with Crippen LogP contribution in [0.2, 0.25) is 4.34 Å². The van der Waals surface area contributed by atoms with Crippen LogP contribution in [0.1, 0.15) is 16.6 Å². The first kappa shape index (κ1) is 19.7. The number of ether oxygens (including phenoxy) is 1. The van der Waals surface area contributed by atoms with E-state index in [-0.39, 0.29) is 24.3 Å². The molecule has 0 radical (unpaired) electrons. The van der Waals surface area contributed by atoms with Gasteiger partial charge in [0.2, 0.25) is 0 Å². The van der Waals surface area contributed by atoms with Gasteiger partial charge in [0.1, 0.15) is 6.61 Å². The van der Waals surface area contributed by atoms with Gasteiger partial charge in [-0.15, -0.1) is 11.3 Å². The molecule has 1 fully saturated rings. The van der Waals surface area contributed by atoms with Crippen molar-refractivity contribution < 1.29 is 14.3 Å². The summed E-state index contributed by atoms with van der Waals surface area (Å²) in [6.07, 6.45) is 0. The molecule has 27 heavy (non-hydrogen) atoms. The molecule has 1 aliphatic rings. The van der Waals surface area contributed by atoms with Crippen molar-refractivity contribution in [3.05, 3.63) is 45.6 Å². The fourth-order valence-electron chi connectivity index (χ4n) is 2.70. The Bertz CT molecular complexity index is 794. The van der Waals surface area contributed by atoms with Crippen LogP contribution in [-0.2, 0) is 9.53 Å². The maximum Gasteiger partial charge on any atom is 0.261 e. The van der Waals surface area contributed by atoms with Gasteiger partial charge >= 0.3 is 0 Å². The maximum absolute atomic E-state index is 12.0. The van der Waals surface area contributed by atoms with E-state index in [1.54, 1.807) is 17.0 Å². The Hall–Kier alpha value is -2.09. The second kappa shape index (κ2) is 9.21. The summed E-state index contributed by atoms with van der Waals surface area (Å²) >= 11 is 7.13. The lowest BCUT2D eigenvalue weighted by Crippen LogP contribution is -2.41. The van der Waals surface area contributed by atoms with E-state index in [0.29, 0.717) is 28.9 Å². The number of hydrogen-bond acceptors (Lipinski definition) is 5. The topological polar surface area (TPSA) is 70.7 Å². The van der Waals surface area contributed by atoms with Crippen LogP contribution >= 0.6 is 22.9 Å². The predicted octanol–water partition coefficient (Wildman–Crippen LogP) is 3.24. The minimum absolute atomic E-state index is 0.0154. The number of carbonyl (C=O) groups excluding carboxylic acids is 2. The molecule has 2 heterocycles. The van der Waals surface area contributed by atoms with Crippen molar-refractivity contribution in [2.45, 2.75) is 6.92 Å². The molecule has 2 N–H and O–H groups in total. The van der Waals surface area contributed by atoms with E-state index in [2.05, 4.69) is 17.6 Å². The Morgan fingerprint density at radius 1 is 1.26 bits per heavy atom. The molecule has 144 valence electrons. The van der Waals surface area contributed by atoms with E-state index >= 15 is 0 Å². The third-order valence-corrected chi connectivity index (χ3v) is 5.46. The molecule has 0 aliphatic carbocycles. The molecule has 0 spiro atoms. The fraction of sp³-hybridized carbons (Fsp3) is 0.368. The Morgan fingerprint density at radius 2 is 2.04 bits per heavy atom. The number of thiophene rings is 1. The first-order valence-corrected chi connectivity index (χ1v) is 9.98. The molecular formula is C19H22ClN3O3S. The van der Waals surface area contributed by atoms with Crippen molar-refractivity contribution in [3.8, 4) is 0 Å². The third-order valence-electron chi connectivity index (χ3n) is 4.23. The maximum atomic E-state index is 12.0. The van der Waals surface area contributed by atoms with Crippen LogP contribution in [0.3, 0.4) is 0 Å². The van der Waals surface area contributed by atoms with Crippen molar-refractivity contribution in [2.24, 2.45) is 5.92 Å². The first-order chi connectivity index (χ1) is 13.0. The lowest BCUT2D eigenvalue weighted by molar-refractivity contribution is -0.125. The molecule has 3 rings (SSSR count). The van der Waals surface area contributed by atoms with Gasteiger partial charge in [0.15, 0.2) is 0 Å². The Morgan fingerprint density at radius 3 is 2.70 bits per heavy atom. The van der Waals surface area contributed by atoms with Gasteiger partial charge in [-0.25, -0.2) is 0 Å². The predicted molar refractivity (Wildman–Crippen MR) is 109 cm³/mol. The molecule has 1 atom stereocenters. The number of carbonyl (C=O) groups is 2. The molecule has 0 saturated carbocycles. The standard InChI is InChI=1S/C19H22ClN3O3S/c1-13(11-22-19(25)16-6-7-17(20)27-16)10-21-14-2-4-15(5-3-14)23-8-9-26-12-18(23)24/h2-7,13,21H,8-12H2,1H3,(H,22,25)/t13-/m1/s1. The highest BCUT2D eigenvalue weighted by molar-refractivity contribution is 7.17. The van der Waals surface area contributed by atoms with Crippen molar-refractivity contribution >= 4 is 46.1 Å². The highest BCUT2D eigenvalue weighted by atomic mass is 35.5. The second-order valence-corrected chi connectivity index (χ2v) is 8.16. The first-order valence-electron chi connectivity index (χ1n) is 8.78. The van der Waals surface area contributed by atoms with E-state index in [4.69, 9.17) is 16.3 Å². The quantitative estimate of drug-likeness (QED) is 0.739. The number of amides is 2. The molecule has 8 heteroatoms. The van der Waals surface area contributed by atoms with Crippen LogP contribution in [-0.4, -0.2) is 44.7 Å². The van der Waals surface area contributed by atoms with Gasteiger partial charge in [-0.1, -0.05) is 18.5 Å². The fourth-order valence-corrected chi connectivity index (χ4v) is 3.66. The molecule has 1 aliphatic heterocycles. The minimum Gasteiger partial charge on any atom is -0.385 e. The SMILES string of the molecule is C[C@@H](CNC(=O)c1ccc(Cl)s1)CNc1ccc(N2CCOCC2=O)cc1. The van der Waals surface area contributed by atoms with Gasteiger partial charge in [-0.3, -0.25) is 9.59 Å². The smallest absolute Gasteiger partial charge is 0.261 e. The van der Waals surface area contributed by atoms with Crippen molar-refractivity contribution in [2.75, 3.05) is 43.1 Å². The molecule has 1 aromatic carbocycles. The van der Waals surface area contributed by atoms with Gasteiger partial charge in [-0.05, 0) is 42.3 Å². The summed E-state index contributed by atoms with van der Waals surface area (Å²) in [5, 5.41) is 6.28. The van der Waals surface area contributed by atoms with Crippen LogP contribution in [0.25, 0.3) is 0 Å². The number of halogens is 1. The largest absolute Gasteiger partial charge is 0.385 e. The van der Waals surface area contributed by atoms with E-state index in [1.807, 2.05) is 24.3 Å². The summed E-state index contributed by atoms with van der Waals surface area (Å²) in [5.74, 6) is 0.140. The van der Waals surface area contributed by atoms with Gasteiger partial charge < -0.3 is 20.3 Å². The highest BCUT2D eigenvalue weighted by Gasteiger charge is 2.19. The second-order valence-electron chi connectivity index (χ2n) is 6.44. The Kier molecular flexibility index (Phi) is 6.71. The number of rotatable bonds is 7. The Balaban J connectivity index is 1.44. The normalized spacial score (nSPS) is 15.5. The van der Waals surface area contributed by atoms with Crippen LogP contribution in [0, 0.1) is 5.92 Å². The number of nitrogens with zero attached hydrogens (tertiary/aromatic N) is 1.